The van der Waals surface area contributed by atoms with E-state index in [-0.39, 0.29) is 5.91 Å². The van der Waals surface area contributed by atoms with Crippen LogP contribution < -0.4 is 4.74 Å². The quantitative estimate of drug-likeness (QED) is 0.860. The Morgan fingerprint density at radius 1 is 1.19 bits per heavy atom. The van der Waals surface area contributed by atoms with Gasteiger partial charge in [0.05, 0.1) is 4.88 Å². The Labute approximate surface area is 157 Å². The second kappa shape index (κ2) is 7.50. The molecule has 138 valence electrons. The van der Waals surface area contributed by atoms with Gasteiger partial charge in [-0.15, -0.1) is 11.3 Å². The molecule has 0 atom stereocenters. The minimum atomic E-state index is -1.27. The van der Waals surface area contributed by atoms with E-state index in [2.05, 4.69) is 0 Å². The molecule has 1 saturated heterocycles. The van der Waals surface area contributed by atoms with Gasteiger partial charge >= 0.3 is 5.97 Å². The molecular formula is C20H23NO4S. The number of carboxylic acid groups (broad SMARTS) is 1. The van der Waals surface area contributed by atoms with E-state index >= 15 is 0 Å². The lowest BCUT2D eigenvalue weighted by Gasteiger charge is -2.32. The van der Waals surface area contributed by atoms with Crippen LogP contribution in [0.4, 0.5) is 0 Å². The molecule has 2 aromatic rings. The summed E-state index contributed by atoms with van der Waals surface area (Å²) in [7, 11) is 0. The van der Waals surface area contributed by atoms with Crippen molar-refractivity contribution in [2.45, 2.75) is 38.2 Å². The highest BCUT2D eigenvalue weighted by molar-refractivity contribution is 7.12. The molecule has 0 radical (unpaired) electrons. The molecule has 26 heavy (non-hydrogen) atoms. The number of carbonyl (C=O) groups is 2. The predicted molar refractivity (Wildman–Crippen MR) is 101 cm³/mol. The van der Waals surface area contributed by atoms with Gasteiger partial charge in [-0.1, -0.05) is 18.2 Å². The van der Waals surface area contributed by atoms with Crippen LogP contribution in [0, 0.1) is 0 Å². The molecule has 1 aliphatic heterocycles. The Balaban J connectivity index is 1.64. The van der Waals surface area contributed by atoms with Gasteiger partial charge in [-0.05, 0) is 61.7 Å². The lowest BCUT2D eigenvalue weighted by molar-refractivity contribution is -0.152. The number of likely N-dealkylation sites (tertiary alicyclic amines) is 1. The molecule has 3 rings (SSSR count). The summed E-state index contributed by atoms with van der Waals surface area (Å²) in [6, 6.07) is 11.4. The number of aliphatic carboxylic acids is 1. The molecule has 1 aromatic carbocycles. The lowest BCUT2D eigenvalue weighted by atomic mass is 9.89. The van der Waals surface area contributed by atoms with Crippen LogP contribution in [0.2, 0.25) is 0 Å². The Morgan fingerprint density at radius 2 is 1.92 bits per heavy atom. The largest absolute Gasteiger partial charge is 0.478 e. The first-order valence-corrected chi connectivity index (χ1v) is 9.60. The van der Waals surface area contributed by atoms with Crippen molar-refractivity contribution in [3.8, 4) is 5.75 Å². The van der Waals surface area contributed by atoms with E-state index in [0.29, 0.717) is 11.7 Å². The normalized spacial score (nSPS) is 15.7. The van der Waals surface area contributed by atoms with Crippen molar-refractivity contribution >= 4 is 23.2 Å². The summed E-state index contributed by atoms with van der Waals surface area (Å²) in [6.45, 7) is 4.54. The van der Waals surface area contributed by atoms with Crippen molar-refractivity contribution in [3.05, 3.63) is 52.2 Å². The molecule has 0 bridgehead atoms. The Bertz CT molecular complexity index is 777. The number of benzene rings is 1. The molecule has 6 heteroatoms. The van der Waals surface area contributed by atoms with Gasteiger partial charge in [0.15, 0.2) is 5.60 Å². The number of hydrogen-bond donors (Lipinski definition) is 1. The monoisotopic (exact) mass is 373 g/mol. The standard InChI is InChI=1S/C20H23NO4S/c1-20(2,19(23)24)25-16-6-3-5-15(13-16)14-8-10-21(11-9-14)18(22)17-7-4-12-26-17/h3-7,12-14H,8-11H2,1-2H3,(H,23,24). The molecule has 0 saturated carbocycles. The average Bonchev–Trinajstić information content (AvgIpc) is 3.15. The SMILES string of the molecule is CC(C)(Oc1cccc(C2CCN(C(=O)c3cccs3)CC2)c1)C(=O)O. The van der Waals surface area contributed by atoms with Gasteiger partial charge in [-0.25, -0.2) is 4.79 Å². The number of hydrogen-bond acceptors (Lipinski definition) is 4. The fraction of sp³-hybridized carbons (Fsp3) is 0.400. The van der Waals surface area contributed by atoms with Crippen molar-refractivity contribution in [1.82, 2.24) is 4.90 Å². The van der Waals surface area contributed by atoms with E-state index in [4.69, 9.17) is 4.74 Å². The van der Waals surface area contributed by atoms with Crippen LogP contribution in [0.5, 0.6) is 5.75 Å². The van der Waals surface area contributed by atoms with Gasteiger partial charge in [0.1, 0.15) is 5.75 Å². The van der Waals surface area contributed by atoms with Gasteiger partial charge in [0.2, 0.25) is 0 Å². The first-order valence-electron chi connectivity index (χ1n) is 8.72. The van der Waals surface area contributed by atoms with Crippen molar-refractivity contribution in [1.29, 1.82) is 0 Å². The van der Waals surface area contributed by atoms with Crippen molar-refractivity contribution in [2.75, 3.05) is 13.1 Å². The van der Waals surface area contributed by atoms with E-state index in [9.17, 15) is 14.7 Å². The average molecular weight is 373 g/mol. The smallest absolute Gasteiger partial charge is 0.347 e. The topological polar surface area (TPSA) is 66.8 Å². The number of piperidine rings is 1. The van der Waals surface area contributed by atoms with Crippen molar-refractivity contribution < 1.29 is 19.4 Å². The summed E-state index contributed by atoms with van der Waals surface area (Å²) in [4.78, 5) is 26.4. The van der Waals surface area contributed by atoms with Gasteiger partial charge in [0.25, 0.3) is 5.91 Å². The molecule has 2 heterocycles. The van der Waals surface area contributed by atoms with Crippen molar-refractivity contribution in [3.63, 3.8) is 0 Å². The Kier molecular flexibility index (Phi) is 5.32. The number of thiophene rings is 1. The molecule has 0 spiro atoms. The summed E-state index contributed by atoms with van der Waals surface area (Å²) >= 11 is 1.48. The van der Waals surface area contributed by atoms with E-state index in [1.54, 1.807) is 6.07 Å². The number of amides is 1. The zero-order chi connectivity index (χ0) is 18.7. The van der Waals surface area contributed by atoms with Crippen LogP contribution >= 0.6 is 11.3 Å². The molecule has 0 unspecified atom stereocenters. The third kappa shape index (κ3) is 4.07. The van der Waals surface area contributed by atoms with Crippen LogP contribution in [0.15, 0.2) is 41.8 Å². The zero-order valence-electron chi connectivity index (χ0n) is 15.0. The fourth-order valence-corrected chi connectivity index (χ4v) is 3.83. The summed E-state index contributed by atoms with van der Waals surface area (Å²) in [6.07, 6.45) is 1.78. The van der Waals surface area contributed by atoms with Gasteiger partial charge in [0, 0.05) is 13.1 Å². The first kappa shape index (κ1) is 18.5. The van der Waals surface area contributed by atoms with Crippen molar-refractivity contribution in [2.24, 2.45) is 0 Å². The highest BCUT2D eigenvalue weighted by atomic mass is 32.1. The van der Waals surface area contributed by atoms with Gasteiger partial charge < -0.3 is 14.7 Å². The molecule has 1 N–H and O–H groups in total. The molecule has 1 aromatic heterocycles. The third-order valence-corrected chi connectivity index (χ3v) is 5.59. The zero-order valence-corrected chi connectivity index (χ0v) is 15.8. The van der Waals surface area contributed by atoms with Crippen LogP contribution in [0.1, 0.15) is 47.8 Å². The molecule has 1 aliphatic rings. The molecule has 5 nitrogen and oxygen atoms in total. The molecular weight excluding hydrogens is 350 g/mol. The molecule has 0 aliphatic carbocycles. The number of ether oxygens (including phenoxy) is 1. The molecule has 1 fully saturated rings. The predicted octanol–water partition coefficient (Wildman–Crippen LogP) is 4.01. The van der Waals surface area contributed by atoms with E-state index in [0.717, 1.165) is 36.4 Å². The Morgan fingerprint density at radius 3 is 2.54 bits per heavy atom. The second-order valence-corrected chi connectivity index (χ2v) is 7.98. The maximum atomic E-state index is 12.4. The highest BCUT2D eigenvalue weighted by Gasteiger charge is 2.30. The van der Waals surface area contributed by atoms with E-state index in [1.807, 2.05) is 40.6 Å². The summed E-state index contributed by atoms with van der Waals surface area (Å²) in [5.74, 6) is 0.0212. The number of carbonyl (C=O) groups excluding carboxylic acids is 1. The first-order chi connectivity index (χ1) is 12.4. The van der Waals surface area contributed by atoms with Gasteiger partial charge in [-0.3, -0.25) is 4.79 Å². The maximum Gasteiger partial charge on any atom is 0.347 e. The number of nitrogens with zero attached hydrogens (tertiary/aromatic N) is 1. The summed E-state index contributed by atoms with van der Waals surface area (Å²) < 4.78 is 5.64. The maximum absolute atomic E-state index is 12.4. The number of rotatable bonds is 5. The highest BCUT2D eigenvalue weighted by Crippen LogP contribution is 2.31. The minimum Gasteiger partial charge on any atom is -0.478 e. The van der Waals surface area contributed by atoms with E-state index < -0.39 is 11.6 Å². The minimum absolute atomic E-state index is 0.110. The Hall–Kier alpha value is -2.34. The second-order valence-electron chi connectivity index (χ2n) is 7.03. The number of carboxylic acids is 1. The summed E-state index contributed by atoms with van der Waals surface area (Å²) in [5, 5.41) is 11.1. The lowest BCUT2D eigenvalue weighted by Crippen LogP contribution is -2.38. The summed E-state index contributed by atoms with van der Waals surface area (Å²) in [5.41, 5.74) is -0.137. The van der Waals surface area contributed by atoms with Gasteiger partial charge in [-0.2, -0.15) is 0 Å². The van der Waals surface area contributed by atoms with Crippen LogP contribution in [-0.2, 0) is 4.79 Å². The van der Waals surface area contributed by atoms with E-state index in [1.165, 1.54) is 25.2 Å². The van der Waals surface area contributed by atoms with Crippen LogP contribution in [0.3, 0.4) is 0 Å². The van der Waals surface area contributed by atoms with Crippen LogP contribution in [-0.4, -0.2) is 40.6 Å². The molecule has 1 amide bonds. The van der Waals surface area contributed by atoms with Crippen LogP contribution in [0.25, 0.3) is 0 Å². The third-order valence-electron chi connectivity index (χ3n) is 4.73. The fourth-order valence-electron chi connectivity index (χ4n) is 3.14.